The van der Waals surface area contributed by atoms with E-state index in [9.17, 15) is 0 Å². The van der Waals surface area contributed by atoms with Crippen LogP contribution in [0.4, 0.5) is 5.82 Å². The van der Waals surface area contributed by atoms with Crippen LogP contribution in [0, 0.1) is 5.92 Å². The van der Waals surface area contributed by atoms with Crippen LogP contribution in [0.5, 0.6) is 0 Å². The van der Waals surface area contributed by atoms with Crippen LogP contribution in [-0.4, -0.2) is 31.8 Å². The van der Waals surface area contributed by atoms with Crippen molar-refractivity contribution in [1.29, 1.82) is 0 Å². The second-order valence-corrected chi connectivity index (χ2v) is 5.92. The summed E-state index contributed by atoms with van der Waals surface area (Å²) in [5.41, 5.74) is 2.28. The van der Waals surface area contributed by atoms with E-state index in [1.807, 2.05) is 0 Å². The van der Waals surface area contributed by atoms with Gasteiger partial charge in [-0.15, -0.1) is 11.6 Å². The Hall–Kier alpha value is -0.800. The second-order valence-electron chi connectivity index (χ2n) is 5.65. The summed E-state index contributed by atoms with van der Waals surface area (Å²) in [7, 11) is 2.07. The molecular formula is C16H25ClN2O. The summed E-state index contributed by atoms with van der Waals surface area (Å²) in [4.78, 5) is 6.86. The first-order valence-electron chi connectivity index (χ1n) is 7.57. The molecule has 0 N–H and O–H groups in total. The highest BCUT2D eigenvalue weighted by molar-refractivity contribution is 6.17. The summed E-state index contributed by atoms with van der Waals surface area (Å²) < 4.78 is 5.69. The van der Waals surface area contributed by atoms with Gasteiger partial charge in [0.1, 0.15) is 5.82 Å². The van der Waals surface area contributed by atoms with E-state index in [0.29, 0.717) is 5.88 Å². The summed E-state index contributed by atoms with van der Waals surface area (Å²) >= 11 is 5.97. The number of pyridine rings is 1. The van der Waals surface area contributed by atoms with E-state index in [-0.39, 0.29) is 0 Å². The van der Waals surface area contributed by atoms with Crippen molar-refractivity contribution in [2.75, 3.05) is 31.7 Å². The fourth-order valence-electron chi connectivity index (χ4n) is 2.14. The lowest BCUT2D eigenvalue weighted by Gasteiger charge is -2.19. The van der Waals surface area contributed by atoms with Crippen LogP contribution in [-0.2, 0) is 17.0 Å². The van der Waals surface area contributed by atoms with Gasteiger partial charge in [-0.05, 0) is 42.9 Å². The Morgan fingerprint density at radius 2 is 2.20 bits per heavy atom. The third kappa shape index (κ3) is 4.95. The molecule has 1 heterocycles. The van der Waals surface area contributed by atoms with E-state index < -0.39 is 0 Å². The van der Waals surface area contributed by atoms with Crippen molar-refractivity contribution >= 4 is 17.4 Å². The van der Waals surface area contributed by atoms with Crippen LogP contribution in [0.25, 0.3) is 0 Å². The van der Waals surface area contributed by atoms with Gasteiger partial charge in [-0.2, -0.15) is 0 Å². The van der Waals surface area contributed by atoms with Crippen molar-refractivity contribution in [2.45, 2.75) is 38.5 Å². The van der Waals surface area contributed by atoms with E-state index in [0.717, 1.165) is 55.6 Å². The summed E-state index contributed by atoms with van der Waals surface area (Å²) in [6, 6.07) is 4.19. The molecule has 3 nitrogen and oxygen atoms in total. The smallest absolute Gasteiger partial charge is 0.128 e. The maximum atomic E-state index is 5.97. The number of aryl methyl sites for hydroxylation is 1. The van der Waals surface area contributed by atoms with E-state index in [2.05, 4.69) is 31.0 Å². The largest absolute Gasteiger partial charge is 0.379 e. The number of halogens is 1. The lowest BCUT2D eigenvalue weighted by atomic mass is 10.2. The molecule has 20 heavy (non-hydrogen) atoms. The monoisotopic (exact) mass is 296 g/mol. The topological polar surface area (TPSA) is 25.4 Å². The molecule has 0 spiro atoms. The predicted octanol–water partition coefficient (Wildman–Crippen LogP) is 3.64. The first-order chi connectivity index (χ1) is 9.72. The Bertz CT molecular complexity index is 421. The molecule has 0 aromatic carbocycles. The van der Waals surface area contributed by atoms with Gasteiger partial charge in [0, 0.05) is 31.8 Å². The van der Waals surface area contributed by atoms with Gasteiger partial charge in [0.15, 0.2) is 0 Å². The molecule has 1 aliphatic rings. The number of alkyl halides is 1. The van der Waals surface area contributed by atoms with Crippen molar-refractivity contribution < 1.29 is 4.74 Å². The van der Waals surface area contributed by atoms with Gasteiger partial charge in [-0.3, -0.25) is 0 Å². The van der Waals surface area contributed by atoms with Gasteiger partial charge in [0.05, 0.1) is 6.61 Å². The number of ether oxygens (including phenoxy) is 1. The maximum absolute atomic E-state index is 5.97. The van der Waals surface area contributed by atoms with Crippen molar-refractivity contribution in [2.24, 2.45) is 5.92 Å². The average molecular weight is 297 g/mol. The molecule has 1 fully saturated rings. The average Bonchev–Trinajstić information content (AvgIpc) is 3.27. The lowest BCUT2D eigenvalue weighted by Crippen LogP contribution is -2.24. The maximum Gasteiger partial charge on any atom is 0.128 e. The fraction of sp³-hybridized carbons (Fsp3) is 0.688. The first kappa shape index (κ1) is 15.6. The third-order valence-electron chi connectivity index (χ3n) is 3.60. The Balaban J connectivity index is 1.88. The molecule has 112 valence electrons. The van der Waals surface area contributed by atoms with Crippen LogP contribution in [0.15, 0.2) is 12.1 Å². The highest BCUT2D eigenvalue weighted by atomic mass is 35.5. The molecule has 0 radical (unpaired) electrons. The molecule has 1 aliphatic carbocycles. The zero-order valence-corrected chi connectivity index (χ0v) is 13.3. The minimum absolute atomic E-state index is 0.540. The van der Waals surface area contributed by atoms with Crippen molar-refractivity contribution in [3.8, 4) is 0 Å². The second kappa shape index (κ2) is 7.84. The lowest BCUT2D eigenvalue weighted by molar-refractivity contribution is 0.131. The van der Waals surface area contributed by atoms with E-state index >= 15 is 0 Å². The third-order valence-corrected chi connectivity index (χ3v) is 3.91. The van der Waals surface area contributed by atoms with Gasteiger partial charge >= 0.3 is 0 Å². The molecule has 1 aromatic heterocycles. The van der Waals surface area contributed by atoms with Crippen LogP contribution in [0.1, 0.15) is 37.4 Å². The molecule has 1 aromatic rings. The number of rotatable bonds is 9. The molecule has 0 bridgehead atoms. The Kier molecular flexibility index (Phi) is 6.11. The summed E-state index contributed by atoms with van der Waals surface area (Å²) in [6.07, 6.45) is 4.79. The molecule has 0 unspecified atom stereocenters. The molecule has 1 saturated carbocycles. The summed E-state index contributed by atoms with van der Waals surface area (Å²) in [5.74, 6) is 2.37. The quantitative estimate of drug-likeness (QED) is 0.514. The van der Waals surface area contributed by atoms with Crippen LogP contribution >= 0.6 is 11.6 Å². The highest BCUT2D eigenvalue weighted by Gasteiger charge is 2.21. The van der Waals surface area contributed by atoms with Crippen LogP contribution < -0.4 is 4.90 Å². The van der Waals surface area contributed by atoms with E-state index in [1.165, 1.54) is 12.8 Å². The minimum atomic E-state index is 0.540. The van der Waals surface area contributed by atoms with Crippen molar-refractivity contribution in [3.05, 3.63) is 23.4 Å². The standard InChI is InChI=1S/C16H25ClN2O/c1-3-4-15-9-14(11-17)10-16(18-15)19(2)7-8-20-12-13-5-6-13/h9-10,13H,3-8,11-12H2,1-2H3. The summed E-state index contributed by atoms with van der Waals surface area (Å²) in [6.45, 7) is 4.73. The predicted molar refractivity (Wildman–Crippen MR) is 84.6 cm³/mol. The minimum Gasteiger partial charge on any atom is -0.379 e. The molecule has 0 aliphatic heterocycles. The van der Waals surface area contributed by atoms with Crippen LogP contribution in [0.2, 0.25) is 0 Å². The van der Waals surface area contributed by atoms with E-state index in [4.69, 9.17) is 21.3 Å². The van der Waals surface area contributed by atoms with Gasteiger partial charge in [0.2, 0.25) is 0 Å². The number of anilines is 1. The number of hydrogen-bond donors (Lipinski definition) is 0. The van der Waals surface area contributed by atoms with Gasteiger partial charge in [0.25, 0.3) is 0 Å². The Labute approximate surface area is 127 Å². The van der Waals surface area contributed by atoms with E-state index in [1.54, 1.807) is 0 Å². The molecule has 0 saturated heterocycles. The van der Waals surface area contributed by atoms with Crippen LogP contribution in [0.3, 0.4) is 0 Å². The molecule has 0 amide bonds. The Morgan fingerprint density at radius 1 is 1.40 bits per heavy atom. The number of nitrogens with zero attached hydrogens (tertiary/aromatic N) is 2. The van der Waals surface area contributed by atoms with Gasteiger partial charge < -0.3 is 9.64 Å². The molecule has 2 rings (SSSR count). The summed E-state index contributed by atoms with van der Waals surface area (Å²) in [5, 5.41) is 0. The van der Waals surface area contributed by atoms with Crippen molar-refractivity contribution in [1.82, 2.24) is 4.98 Å². The Morgan fingerprint density at radius 3 is 2.85 bits per heavy atom. The first-order valence-corrected chi connectivity index (χ1v) is 8.11. The van der Waals surface area contributed by atoms with Crippen molar-refractivity contribution in [3.63, 3.8) is 0 Å². The zero-order chi connectivity index (χ0) is 14.4. The fourth-order valence-corrected chi connectivity index (χ4v) is 2.29. The molecule has 4 heteroatoms. The number of hydrogen-bond acceptors (Lipinski definition) is 3. The SMILES string of the molecule is CCCc1cc(CCl)cc(N(C)CCOCC2CC2)n1. The molecular weight excluding hydrogens is 272 g/mol. The highest BCUT2D eigenvalue weighted by Crippen LogP contribution is 2.28. The normalized spacial score (nSPS) is 14.6. The van der Waals surface area contributed by atoms with Gasteiger partial charge in [-0.1, -0.05) is 13.3 Å². The number of aromatic nitrogens is 1. The zero-order valence-electron chi connectivity index (χ0n) is 12.6. The number of likely N-dealkylation sites (N-methyl/N-ethyl adjacent to an activating group) is 1. The molecule has 0 atom stereocenters. The van der Waals surface area contributed by atoms with Gasteiger partial charge in [-0.25, -0.2) is 4.98 Å².